The fourth-order valence-corrected chi connectivity index (χ4v) is 3.64. The summed E-state index contributed by atoms with van der Waals surface area (Å²) < 4.78 is 20.6. The van der Waals surface area contributed by atoms with Crippen LogP contribution in [0, 0.1) is 12.7 Å². The van der Waals surface area contributed by atoms with Gasteiger partial charge in [-0.15, -0.1) is 0 Å². The maximum absolute atomic E-state index is 13.8. The van der Waals surface area contributed by atoms with E-state index in [1.807, 2.05) is 12.1 Å². The highest BCUT2D eigenvalue weighted by Gasteiger charge is 2.18. The average Bonchev–Trinajstić information content (AvgIpc) is 3.34. The SMILES string of the molecule is Cc1ccc(NC(=O)Cn2c(=O)cc(-c3nc(-c4ccncc4)no3)c3ccccc32)cc1F. The van der Waals surface area contributed by atoms with Crippen molar-refractivity contribution in [2.24, 2.45) is 0 Å². The number of anilines is 1. The molecule has 8 nitrogen and oxygen atoms in total. The zero-order valence-electron chi connectivity index (χ0n) is 18.0. The number of hydrogen-bond acceptors (Lipinski definition) is 6. The molecule has 0 fully saturated rings. The molecule has 0 spiro atoms. The number of carbonyl (C=O) groups excluding carboxylic acids is 1. The summed E-state index contributed by atoms with van der Waals surface area (Å²) in [4.78, 5) is 34.1. The zero-order chi connectivity index (χ0) is 23.7. The minimum Gasteiger partial charge on any atom is -0.334 e. The van der Waals surface area contributed by atoms with Crippen molar-refractivity contribution in [2.75, 3.05) is 5.32 Å². The average molecular weight is 455 g/mol. The summed E-state index contributed by atoms with van der Waals surface area (Å²) in [6.45, 7) is 1.39. The number of aromatic nitrogens is 4. The minimum absolute atomic E-state index is 0.187. The first-order valence-electron chi connectivity index (χ1n) is 10.4. The van der Waals surface area contributed by atoms with Crippen molar-refractivity contribution in [1.29, 1.82) is 0 Å². The Morgan fingerprint density at radius 3 is 2.68 bits per heavy atom. The Kier molecular flexibility index (Phi) is 5.43. The van der Waals surface area contributed by atoms with Crippen LogP contribution in [0.3, 0.4) is 0 Å². The highest BCUT2D eigenvalue weighted by atomic mass is 19.1. The van der Waals surface area contributed by atoms with Crippen LogP contribution in [0.2, 0.25) is 0 Å². The standard InChI is InChI=1S/C25H18FN5O3/c1-15-6-7-17(12-20(15)26)28-22(32)14-31-21-5-3-2-4-18(21)19(13-23(31)33)25-29-24(30-34-25)16-8-10-27-11-9-16/h2-13H,14H2,1H3,(H,28,32). The number of nitrogens with zero attached hydrogens (tertiary/aromatic N) is 4. The Balaban J connectivity index is 1.50. The molecular weight excluding hydrogens is 437 g/mol. The molecule has 1 N–H and O–H groups in total. The number of pyridine rings is 2. The summed E-state index contributed by atoms with van der Waals surface area (Å²) in [6, 6.07) is 16.4. The Labute approximate surface area is 192 Å². The first kappa shape index (κ1) is 21.2. The van der Waals surface area contributed by atoms with E-state index in [9.17, 15) is 14.0 Å². The van der Waals surface area contributed by atoms with Gasteiger partial charge in [0, 0.05) is 35.1 Å². The third-order valence-electron chi connectivity index (χ3n) is 5.37. The molecule has 5 rings (SSSR count). The molecule has 0 aliphatic carbocycles. The number of benzene rings is 2. The normalized spacial score (nSPS) is 11.0. The van der Waals surface area contributed by atoms with Gasteiger partial charge >= 0.3 is 0 Å². The third-order valence-corrected chi connectivity index (χ3v) is 5.37. The zero-order valence-corrected chi connectivity index (χ0v) is 18.0. The molecule has 168 valence electrons. The van der Waals surface area contributed by atoms with Crippen molar-refractivity contribution >= 4 is 22.5 Å². The summed E-state index contributed by atoms with van der Waals surface area (Å²) in [5.74, 6) is -0.321. The smallest absolute Gasteiger partial charge is 0.259 e. The first-order chi connectivity index (χ1) is 16.5. The second-order valence-corrected chi connectivity index (χ2v) is 7.67. The third kappa shape index (κ3) is 4.06. The van der Waals surface area contributed by atoms with Crippen LogP contribution in [0.15, 0.2) is 82.4 Å². The molecular formula is C25H18FN5O3. The molecule has 0 saturated carbocycles. The number of carbonyl (C=O) groups is 1. The van der Waals surface area contributed by atoms with Crippen LogP contribution >= 0.6 is 0 Å². The van der Waals surface area contributed by atoms with E-state index in [0.29, 0.717) is 33.5 Å². The molecule has 0 saturated heterocycles. The predicted molar refractivity (Wildman–Crippen MR) is 124 cm³/mol. The van der Waals surface area contributed by atoms with Gasteiger partial charge in [0.25, 0.3) is 11.4 Å². The van der Waals surface area contributed by atoms with Crippen LogP contribution in [0.4, 0.5) is 10.1 Å². The first-order valence-corrected chi connectivity index (χ1v) is 10.4. The van der Waals surface area contributed by atoms with E-state index in [1.165, 1.54) is 16.7 Å². The summed E-state index contributed by atoms with van der Waals surface area (Å²) in [5.41, 5.74) is 2.10. The lowest BCUT2D eigenvalue weighted by Crippen LogP contribution is -2.27. The van der Waals surface area contributed by atoms with Crippen molar-refractivity contribution in [2.45, 2.75) is 13.5 Å². The van der Waals surface area contributed by atoms with Crippen molar-refractivity contribution < 1.29 is 13.7 Å². The summed E-state index contributed by atoms with van der Waals surface area (Å²) >= 11 is 0. The lowest BCUT2D eigenvalue weighted by atomic mass is 10.1. The van der Waals surface area contributed by atoms with Gasteiger partial charge in [0.1, 0.15) is 12.4 Å². The maximum atomic E-state index is 13.8. The Morgan fingerprint density at radius 1 is 1.09 bits per heavy atom. The van der Waals surface area contributed by atoms with Gasteiger partial charge < -0.3 is 9.84 Å². The summed E-state index contributed by atoms with van der Waals surface area (Å²) in [7, 11) is 0. The number of rotatable bonds is 5. The lowest BCUT2D eigenvalue weighted by molar-refractivity contribution is -0.116. The molecule has 3 aromatic heterocycles. The number of hydrogen-bond donors (Lipinski definition) is 1. The van der Waals surface area contributed by atoms with Gasteiger partial charge in [0.2, 0.25) is 11.7 Å². The second-order valence-electron chi connectivity index (χ2n) is 7.67. The number of halogens is 1. The largest absolute Gasteiger partial charge is 0.334 e. The number of nitrogens with one attached hydrogen (secondary N) is 1. The number of amides is 1. The molecule has 0 aliphatic heterocycles. The van der Waals surface area contributed by atoms with E-state index in [0.717, 1.165) is 5.56 Å². The van der Waals surface area contributed by atoms with Crippen LogP contribution < -0.4 is 10.9 Å². The Hall–Kier alpha value is -4.66. The minimum atomic E-state index is -0.457. The van der Waals surface area contributed by atoms with Crippen LogP contribution in [0.5, 0.6) is 0 Å². The molecule has 0 radical (unpaired) electrons. The predicted octanol–water partition coefficient (Wildman–Crippen LogP) is 4.20. The van der Waals surface area contributed by atoms with Crippen LogP contribution in [-0.4, -0.2) is 25.6 Å². The summed E-state index contributed by atoms with van der Waals surface area (Å²) in [5, 5.41) is 7.31. The van der Waals surface area contributed by atoms with Crippen LogP contribution in [0.1, 0.15) is 5.56 Å². The van der Waals surface area contributed by atoms with Crippen LogP contribution in [-0.2, 0) is 11.3 Å². The maximum Gasteiger partial charge on any atom is 0.259 e. The Bertz CT molecular complexity index is 1580. The summed E-state index contributed by atoms with van der Waals surface area (Å²) in [6.07, 6.45) is 3.25. The van der Waals surface area contributed by atoms with E-state index in [-0.39, 0.29) is 12.4 Å². The van der Waals surface area contributed by atoms with Crippen molar-refractivity contribution in [3.63, 3.8) is 0 Å². The van der Waals surface area contributed by atoms with Gasteiger partial charge in [-0.1, -0.05) is 29.4 Å². The van der Waals surface area contributed by atoms with E-state index < -0.39 is 17.3 Å². The highest BCUT2D eigenvalue weighted by molar-refractivity contribution is 5.95. The molecule has 2 aromatic carbocycles. The fraction of sp³-hybridized carbons (Fsp3) is 0.0800. The highest BCUT2D eigenvalue weighted by Crippen LogP contribution is 2.28. The monoisotopic (exact) mass is 455 g/mol. The number of para-hydroxylation sites is 1. The van der Waals surface area contributed by atoms with E-state index in [2.05, 4.69) is 20.4 Å². The molecule has 3 heterocycles. The number of fused-ring (bicyclic) bond motifs is 1. The molecule has 0 unspecified atom stereocenters. The molecule has 9 heteroatoms. The van der Waals surface area contributed by atoms with Crippen LogP contribution in [0.25, 0.3) is 33.7 Å². The fourth-order valence-electron chi connectivity index (χ4n) is 3.64. The topological polar surface area (TPSA) is 103 Å². The van der Waals surface area contributed by atoms with Crippen molar-refractivity contribution in [3.8, 4) is 22.8 Å². The van der Waals surface area contributed by atoms with E-state index in [4.69, 9.17) is 4.52 Å². The Morgan fingerprint density at radius 2 is 1.88 bits per heavy atom. The van der Waals surface area contributed by atoms with Gasteiger partial charge in [-0.3, -0.25) is 19.1 Å². The molecule has 0 bridgehead atoms. The molecule has 0 aliphatic rings. The van der Waals surface area contributed by atoms with Gasteiger partial charge in [-0.25, -0.2) is 4.39 Å². The molecule has 0 atom stereocenters. The van der Waals surface area contributed by atoms with Gasteiger partial charge in [-0.05, 0) is 42.8 Å². The van der Waals surface area contributed by atoms with Crippen molar-refractivity contribution in [1.82, 2.24) is 19.7 Å². The lowest BCUT2D eigenvalue weighted by Gasteiger charge is -2.12. The van der Waals surface area contributed by atoms with Gasteiger partial charge in [0.15, 0.2) is 0 Å². The second kappa shape index (κ2) is 8.70. The van der Waals surface area contributed by atoms with Crippen molar-refractivity contribution in [3.05, 3.63) is 94.8 Å². The quantitative estimate of drug-likeness (QED) is 0.426. The number of aryl methyl sites for hydroxylation is 1. The van der Waals surface area contributed by atoms with Gasteiger partial charge in [0.05, 0.1) is 11.1 Å². The molecule has 1 amide bonds. The molecule has 5 aromatic rings. The van der Waals surface area contributed by atoms with E-state index in [1.54, 1.807) is 55.7 Å². The van der Waals surface area contributed by atoms with E-state index >= 15 is 0 Å². The molecule has 34 heavy (non-hydrogen) atoms. The van der Waals surface area contributed by atoms with Gasteiger partial charge in [-0.2, -0.15) is 4.98 Å².